The summed E-state index contributed by atoms with van der Waals surface area (Å²) in [5.74, 6) is -0.379. The average Bonchev–Trinajstić information content (AvgIpc) is 2.81. The second-order valence-corrected chi connectivity index (χ2v) is 11.0. The minimum atomic E-state index is -0.626. The number of unbranched alkanes of at least 4 members (excludes halogenated alkanes) is 11. The standard InChI is InChI=1S/C30H52N2O3/c1-5-6-7-8-9-10-11-12-13-20-25-35-30(34)28(26-27-21-16-14-17-22-27)31-29(33)23-18-15-19-24-32(2,3)4/h14,16-17,21-22,28H,5-13,15,18-20,23-26H2,1-4H3/p+1. The number of nitrogens with zero attached hydrogens (tertiary/aromatic N) is 1. The average molecular weight is 490 g/mol. The number of amides is 1. The molecule has 0 saturated heterocycles. The van der Waals surface area contributed by atoms with Crippen molar-refractivity contribution in [1.29, 1.82) is 0 Å². The lowest BCUT2D eigenvalue weighted by Gasteiger charge is -2.23. The van der Waals surface area contributed by atoms with E-state index in [1.165, 1.54) is 51.4 Å². The molecule has 1 unspecified atom stereocenters. The topological polar surface area (TPSA) is 55.4 Å². The Labute approximate surface area is 215 Å². The lowest BCUT2D eigenvalue weighted by Crippen LogP contribution is -2.43. The summed E-state index contributed by atoms with van der Waals surface area (Å²) in [6.07, 6.45) is 16.3. The number of esters is 1. The van der Waals surface area contributed by atoms with Crippen LogP contribution in [0.4, 0.5) is 0 Å². The van der Waals surface area contributed by atoms with Gasteiger partial charge in [-0.05, 0) is 31.2 Å². The fourth-order valence-electron chi connectivity index (χ4n) is 4.22. The molecule has 0 spiro atoms. The van der Waals surface area contributed by atoms with Crippen molar-refractivity contribution in [2.45, 2.75) is 109 Å². The van der Waals surface area contributed by atoms with Gasteiger partial charge >= 0.3 is 5.97 Å². The zero-order chi connectivity index (χ0) is 25.8. The molecule has 35 heavy (non-hydrogen) atoms. The Kier molecular flexibility index (Phi) is 17.2. The first-order valence-corrected chi connectivity index (χ1v) is 14.1. The quantitative estimate of drug-likeness (QED) is 0.123. The van der Waals surface area contributed by atoms with E-state index in [-0.39, 0.29) is 11.9 Å². The number of nitrogens with one attached hydrogen (secondary N) is 1. The minimum absolute atomic E-state index is 0.0629. The summed E-state index contributed by atoms with van der Waals surface area (Å²) in [5, 5.41) is 2.94. The lowest BCUT2D eigenvalue weighted by atomic mass is 10.1. The fraction of sp³-hybridized carbons (Fsp3) is 0.733. The van der Waals surface area contributed by atoms with Crippen molar-refractivity contribution < 1.29 is 18.8 Å². The molecule has 1 N–H and O–H groups in total. The molecule has 0 aliphatic heterocycles. The zero-order valence-electron chi connectivity index (χ0n) is 23.2. The van der Waals surface area contributed by atoms with E-state index in [0.29, 0.717) is 19.4 Å². The van der Waals surface area contributed by atoms with Crippen molar-refractivity contribution in [2.24, 2.45) is 0 Å². The van der Waals surface area contributed by atoms with E-state index in [1.54, 1.807) is 0 Å². The number of benzene rings is 1. The van der Waals surface area contributed by atoms with Gasteiger partial charge in [0.25, 0.3) is 0 Å². The number of hydrogen-bond acceptors (Lipinski definition) is 3. The molecule has 0 saturated carbocycles. The summed E-state index contributed by atoms with van der Waals surface area (Å²) < 4.78 is 6.51. The van der Waals surface area contributed by atoms with Gasteiger partial charge in [0.05, 0.1) is 34.3 Å². The van der Waals surface area contributed by atoms with Crippen LogP contribution in [0.1, 0.15) is 102 Å². The largest absolute Gasteiger partial charge is 0.464 e. The maximum Gasteiger partial charge on any atom is 0.328 e. The molecule has 5 nitrogen and oxygen atoms in total. The molecular formula is C30H53N2O3+. The van der Waals surface area contributed by atoms with E-state index < -0.39 is 6.04 Å². The van der Waals surface area contributed by atoms with Crippen LogP contribution in [-0.2, 0) is 20.7 Å². The molecule has 0 aromatic heterocycles. The van der Waals surface area contributed by atoms with Crippen LogP contribution in [0, 0.1) is 0 Å². The molecule has 1 rings (SSSR count). The van der Waals surface area contributed by atoms with Crippen LogP contribution in [0.3, 0.4) is 0 Å². The van der Waals surface area contributed by atoms with Gasteiger partial charge in [0.2, 0.25) is 5.91 Å². The first-order chi connectivity index (χ1) is 16.8. The third-order valence-electron chi connectivity index (χ3n) is 6.38. The maximum absolute atomic E-state index is 12.8. The first-order valence-electron chi connectivity index (χ1n) is 14.1. The van der Waals surface area contributed by atoms with E-state index in [0.717, 1.165) is 48.7 Å². The van der Waals surface area contributed by atoms with E-state index in [4.69, 9.17) is 4.74 Å². The second kappa shape index (κ2) is 19.3. The van der Waals surface area contributed by atoms with Gasteiger partial charge in [0.15, 0.2) is 0 Å². The van der Waals surface area contributed by atoms with E-state index in [1.807, 2.05) is 30.3 Å². The van der Waals surface area contributed by atoms with Crippen LogP contribution in [0.5, 0.6) is 0 Å². The molecule has 1 amide bonds. The maximum atomic E-state index is 12.8. The third-order valence-corrected chi connectivity index (χ3v) is 6.38. The molecule has 0 aliphatic rings. The molecule has 0 heterocycles. The minimum Gasteiger partial charge on any atom is -0.464 e. The highest BCUT2D eigenvalue weighted by Gasteiger charge is 2.22. The van der Waals surface area contributed by atoms with Gasteiger partial charge in [0.1, 0.15) is 6.04 Å². The number of hydrogen-bond donors (Lipinski definition) is 1. The second-order valence-electron chi connectivity index (χ2n) is 11.0. The number of carbonyl (C=O) groups excluding carboxylic acids is 2. The van der Waals surface area contributed by atoms with Crippen LogP contribution in [0.2, 0.25) is 0 Å². The van der Waals surface area contributed by atoms with Gasteiger partial charge in [-0.1, -0.05) is 95.0 Å². The first kappa shape index (κ1) is 31.2. The monoisotopic (exact) mass is 489 g/mol. The van der Waals surface area contributed by atoms with Crippen LogP contribution in [0.15, 0.2) is 30.3 Å². The van der Waals surface area contributed by atoms with Gasteiger partial charge in [0, 0.05) is 12.8 Å². The van der Waals surface area contributed by atoms with Gasteiger partial charge in [-0.3, -0.25) is 4.79 Å². The number of rotatable bonds is 21. The zero-order valence-corrected chi connectivity index (χ0v) is 23.2. The summed E-state index contributed by atoms with van der Waals surface area (Å²) in [7, 11) is 6.55. The number of carbonyl (C=O) groups is 2. The third kappa shape index (κ3) is 18.1. The van der Waals surface area contributed by atoms with Crippen molar-refractivity contribution in [3.05, 3.63) is 35.9 Å². The lowest BCUT2D eigenvalue weighted by molar-refractivity contribution is -0.870. The molecule has 1 aromatic carbocycles. The van der Waals surface area contributed by atoms with Gasteiger partial charge in [-0.15, -0.1) is 0 Å². The van der Waals surface area contributed by atoms with Crippen molar-refractivity contribution in [3.63, 3.8) is 0 Å². The van der Waals surface area contributed by atoms with Gasteiger partial charge in [-0.25, -0.2) is 4.79 Å². The highest BCUT2D eigenvalue weighted by Crippen LogP contribution is 2.11. The number of ether oxygens (including phenoxy) is 1. The Morgan fingerprint density at radius 2 is 1.37 bits per heavy atom. The van der Waals surface area contributed by atoms with Gasteiger partial charge in [-0.2, -0.15) is 0 Å². The summed E-state index contributed by atoms with van der Waals surface area (Å²) in [5.41, 5.74) is 1.02. The van der Waals surface area contributed by atoms with Crippen molar-refractivity contribution in [1.82, 2.24) is 5.32 Å². The van der Waals surface area contributed by atoms with Crippen LogP contribution >= 0.6 is 0 Å². The number of quaternary nitrogens is 1. The Morgan fingerprint density at radius 3 is 1.97 bits per heavy atom. The molecule has 5 heteroatoms. The van der Waals surface area contributed by atoms with E-state index in [9.17, 15) is 9.59 Å². The fourth-order valence-corrected chi connectivity index (χ4v) is 4.22. The van der Waals surface area contributed by atoms with Crippen molar-refractivity contribution >= 4 is 11.9 Å². The Bertz CT molecular complexity index is 670. The molecule has 1 atom stereocenters. The van der Waals surface area contributed by atoms with Crippen molar-refractivity contribution in [2.75, 3.05) is 34.3 Å². The molecule has 0 radical (unpaired) electrons. The Hall–Kier alpha value is -1.88. The normalized spacial score (nSPS) is 12.3. The molecule has 0 fully saturated rings. The highest BCUT2D eigenvalue weighted by atomic mass is 16.5. The van der Waals surface area contributed by atoms with Crippen LogP contribution in [0.25, 0.3) is 0 Å². The molecule has 0 bridgehead atoms. The van der Waals surface area contributed by atoms with Crippen LogP contribution in [-0.4, -0.2) is 56.7 Å². The van der Waals surface area contributed by atoms with Crippen LogP contribution < -0.4 is 5.32 Å². The molecular weight excluding hydrogens is 436 g/mol. The SMILES string of the molecule is CCCCCCCCCCCCOC(=O)C(Cc1ccccc1)NC(=O)CCCCC[N+](C)(C)C. The summed E-state index contributed by atoms with van der Waals surface area (Å²) >= 11 is 0. The predicted molar refractivity (Wildman–Crippen MR) is 146 cm³/mol. The van der Waals surface area contributed by atoms with Crippen molar-refractivity contribution in [3.8, 4) is 0 Å². The summed E-state index contributed by atoms with van der Waals surface area (Å²) in [6.45, 7) is 3.78. The Morgan fingerprint density at radius 1 is 0.800 bits per heavy atom. The Balaban J connectivity index is 2.33. The molecule has 200 valence electrons. The molecule has 1 aromatic rings. The van der Waals surface area contributed by atoms with E-state index in [2.05, 4.69) is 33.4 Å². The predicted octanol–water partition coefficient (Wildman–Crippen LogP) is 6.44. The smallest absolute Gasteiger partial charge is 0.328 e. The molecule has 0 aliphatic carbocycles. The highest BCUT2D eigenvalue weighted by molar-refractivity contribution is 5.84. The summed E-state index contributed by atoms with van der Waals surface area (Å²) in [4.78, 5) is 25.3. The van der Waals surface area contributed by atoms with E-state index >= 15 is 0 Å². The summed E-state index contributed by atoms with van der Waals surface area (Å²) in [6, 6.07) is 9.21. The van der Waals surface area contributed by atoms with Gasteiger partial charge < -0.3 is 14.5 Å².